The highest BCUT2D eigenvalue weighted by molar-refractivity contribution is 6.17. The molecule has 0 saturated carbocycles. The van der Waals surface area contributed by atoms with Gasteiger partial charge in [0.15, 0.2) is 0 Å². The topological polar surface area (TPSA) is 0 Å². The zero-order valence-corrected chi connectivity index (χ0v) is 9.85. The Kier molecular flexibility index (Phi) is 1.92. The predicted molar refractivity (Wildman–Crippen MR) is 77.8 cm³/mol. The SMILES string of the molecule is [c]1ccc2ccc3c4ccccc4ccc3c2c1. The van der Waals surface area contributed by atoms with Crippen molar-refractivity contribution >= 4 is 32.3 Å². The van der Waals surface area contributed by atoms with Gasteiger partial charge in [0, 0.05) is 0 Å². The first-order valence-electron chi connectivity index (χ1n) is 6.14. The lowest BCUT2D eigenvalue weighted by Crippen LogP contribution is -1.80. The van der Waals surface area contributed by atoms with Gasteiger partial charge in [-0.25, -0.2) is 0 Å². The fourth-order valence-electron chi connectivity index (χ4n) is 2.70. The van der Waals surface area contributed by atoms with Crippen molar-refractivity contribution in [3.63, 3.8) is 0 Å². The molecular weight excluding hydrogens is 216 g/mol. The molecule has 0 aliphatic rings. The molecule has 83 valence electrons. The molecule has 0 heteroatoms. The van der Waals surface area contributed by atoms with E-state index in [2.05, 4.69) is 66.7 Å². The zero-order chi connectivity index (χ0) is 11.9. The van der Waals surface area contributed by atoms with Crippen molar-refractivity contribution in [2.75, 3.05) is 0 Å². The quantitative estimate of drug-likeness (QED) is 0.373. The van der Waals surface area contributed by atoms with E-state index in [0.717, 1.165) is 0 Å². The molecule has 0 heterocycles. The van der Waals surface area contributed by atoms with Gasteiger partial charge in [-0.1, -0.05) is 60.7 Å². The van der Waals surface area contributed by atoms with E-state index in [0.29, 0.717) is 0 Å². The first-order chi connectivity index (χ1) is 8.93. The second-order valence-corrected chi connectivity index (χ2v) is 4.59. The maximum absolute atomic E-state index is 3.18. The van der Waals surface area contributed by atoms with Gasteiger partial charge in [0.1, 0.15) is 0 Å². The third-order valence-corrected chi connectivity index (χ3v) is 3.59. The molecule has 0 atom stereocenters. The van der Waals surface area contributed by atoms with E-state index in [1.54, 1.807) is 0 Å². The third-order valence-electron chi connectivity index (χ3n) is 3.59. The Hall–Kier alpha value is -2.34. The van der Waals surface area contributed by atoms with Crippen molar-refractivity contribution in [2.24, 2.45) is 0 Å². The molecule has 4 aromatic carbocycles. The first-order valence-corrected chi connectivity index (χ1v) is 6.14. The monoisotopic (exact) mass is 227 g/mol. The Bertz CT molecular complexity index is 797. The summed E-state index contributed by atoms with van der Waals surface area (Å²) in [5.41, 5.74) is 0. The van der Waals surface area contributed by atoms with Crippen LogP contribution in [0.15, 0.2) is 66.7 Å². The molecule has 4 aromatic rings. The maximum Gasteiger partial charge on any atom is -0.00987 e. The average molecular weight is 227 g/mol. The Balaban J connectivity index is 2.31. The Labute approximate surface area is 105 Å². The number of hydrogen-bond acceptors (Lipinski definition) is 0. The number of benzene rings is 4. The fraction of sp³-hybridized carbons (Fsp3) is 0. The van der Waals surface area contributed by atoms with Crippen molar-refractivity contribution in [2.45, 2.75) is 0 Å². The highest BCUT2D eigenvalue weighted by Gasteiger charge is 2.03. The maximum atomic E-state index is 3.18. The summed E-state index contributed by atoms with van der Waals surface area (Å²) in [4.78, 5) is 0. The summed E-state index contributed by atoms with van der Waals surface area (Å²) in [5, 5.41) is 7.80. The van der Waals surface area contributed by atoms with E-state index in [4.69, 9.17) is 0 Å². The van der Waals surface area contributed by atoms with Gasteiger partial charge in [-0.15, -0.1) is 0 Å². The van der Waals surface area contributed by atoms with Crippen LogP contribution in [0, 0.1) is 6.07 Å². The molecule has 0 spiro atoms. The largest absolute Gasteiger partial charge is 0.0616 e. The molecule has 0 nitrogen and oxygen atoms in total. The Morgan fingerprint density at radius 3 is 2.17 bits per heavy atom. The molecule has 0 fully saturated rings. The molecule has 0 aliphatic carbocycles. The summed E-state index contributed by atoms with van der Waals surface area (Å²) in [6.45, 7) is 0. The summed E-state index contributed by atoms with van der Waals surface area (Å²) >= 11 is 0. The van der Waals surface area contributed by atoms with Gasteiger partial charge in [0.05, 0.1) is 0 Å². The van der Waals surface area contributed by atoms with Crippen LogP contribution in [-0.2, 0) is 0 Å². The summed E-state index contributed by atoms with van der Waals surface area (Å²) in [7, 11) is 0. The normalized spacial score (nSPS) is 11.3. The van der Waals surface area contributed by atoms with Gasteiger partial charge in [0.2, 0.25) is 0 Å². The first kappa shape index (κ1) is 9.67. The summed E-state index contributed by atoms with van der Waals surface area (Å²) < 4.78 is 0. The molecule has 0 bridgehead atoms. The molecule has 4 rings (SSSR count). The Morgan fingerprint density at radius 1 is 0.556 bits per heavy atom. The molecule has 0 saturated heterocycles. The van der Waals surface area contributed by atoms with Crippen molar-refractivity contribution in [3.8, 4) is 0 Å². The molecule has 1 radical (unpaired) electrons. The van der Waals surface area contributed by atoms with Gasteiger partial charge < -0.3 is 0 Å². The van der Waals surface area contributed by atoms with Crippen LogP contribution in [0.4, 0.5) is 0 Å². The summed E-state index contributed by atoms with van der Waals surface area (Å²) in [5.74, 6) is 0. The van der Waals surface area contributed by atoms with Crippen LogP contribution in [0.2, 0.25) is 0 Å². The number of fused-ring (bicyclic) bond motifs is 5. The fourth-order valence-corrected chi connectivity index (χ4v) is 2.70. The van der Waals surface area contributed by atoms with Gasteiger partial charge in [-0.05, 0) is 44.5 Å². The summed E-state index contributed by atoms with van der Waals surface area (Å²) in [6.07, 6.45) is 0. The molecular formula is C18H11. The van der Waals surface area contributed by atoms with Crippen molar-refractivity contribution in [3.05, 3.63) is 72.8 Å². The third kappa shape index (κ3) is 1.26. The van der Waals surface area contributed by atoms with Crippen molar-refractivity contribution in [1.29, 1.82) is 0 Å². The molecule has 18 heavy (non-hydrogen) atoms. The predicted octanol–water partition coefficient (Wildman–Crippen LogP) is 4.95. The smallest absolute Gasteiger partial charge is 0.00987 e. The zero-order valence-electron chi connectivity index (χ0n) is 9.85. The van der Waals surface area contributed by atoms with Crippen LogP contribution in [0.1, 0.15) is 0 Å². The van der Waals surface area contributed by atoms with Gasteiger partial charge in [-0.3, -0.25) is 0 Å². The van der Waals surface area contributed by atoms with Crippen LogP contribution >= 0.6 is 0 Å². The molecule has 0 amide bonds. The highest BCUT2D eigenvalue weighted by atomic mass is 14.1. The van der Waals surface area contributed by atoms with E-state index >= 15 is 0 Å². The van der Waals surface area contributed by atoms with E-state index < -0.39 is 0 Å². The molecule has 0 aliphatic heterocycles. The van der Waals surface area contributed by atoms with Crippen LogP contribution in [-0.4, -0.2) is 0 Å². The van der Waals surface area contributed by atoms with Crippen LogP contribution in [0.5, 0.6) is 0 Å². The lowest BCUT2D eigenvalue weighted by Gasteiger charge is -2.07. The minimum atomic E-state index is 1.27. The average Bonchev–Trinajstić information content (AvgIpc) is 2.46. The molecule has 0 unspecified atom stereocenters. The lowest BCUT2D eigenvalue weighted by atomic mass is 9.97. The van der Waals surface area contributed by atoms with E-state index in [1.165, 1.54) is 32.3 Å². The highest BCUT2D eigenvalue weighted by Crippen LogP contribution is 2.30. The van der Waals surface area contributed by atoms with E-state index in [1.807, 2.05) is 6.07 Å². The van der Waals surface area contributed by atoms with Crippen molar-refractivity contribution < 1.29 is 0 Å². The van der Waals surface area contributed by atoms with Crippen LogP contribution in [0.3, 0.4) is 0 Å². The molecule has 0 aromatic heterocycles. The van der Waals surface area contributed by atoms with Gasteiger partial charge in [-0.2, -0.15) is 0 Å². The number of hydrogen-bond donors (Lipinski definition) is 0. The minimum Gasteiger partial charge on any atom is -0.0616 e. The minimum absolute atomic E-state index is 1.27. The standard InChI is InChI=1S/C18H11/c1-3-7-15-13(5-1)9-11-18-16-8-4-2-6-14(16)10-12-17(15)18/h1-3,5-12H. The van der Waals surface area contributed by atoms with E-state index in [-0.39, 0.29) is 0 Å². The van der Waals surface area contributed by atoms with Crippen LogP contribution in [0.25, 0.3) is 32.3 Å². The van der Waals surface area contributed by atoms with Crippen LogP contribution < -0.4 is 0 Å². The lowest BCUT2D eigenvalue weighted by molar-refractivity contribution is 1.76. The van der Waals surface area contributed by atoms with Crippen molar-refractivity contribution in [1.82, 2.24) is 0 Å². The number of rotatable bonds is 0. The Morgan fingerprint density at radius 2 is 1.28 bits per heavy atom. The molecule has 0 N–H and O–H groups in total. The second kappa shape index (κ2) is 3.58. The second-order valence-electron chi connectivity index (χ2n) is 4.59. The van der Waals surface area contributed by atoms with E-state index in [9.17, 15) is 0 Å². The summed E-state index contributed by atoms with van der Waals surface area (Å²) in [6, 6.07) is 26.7. The van der Waals surface area contributed by atoms with Gasteiger partial charge >= 0.3 is 0 Å². The van der Waals surface area contributed by atoms with Gasteiger partial charge in [0.25, 0.3) is 0 Å².